The van der Waals surface area contributed by atoms with Gasteiger partial charge in [0.25, 0.3) is 5.69 Å². The van der Waals surface area contributed by atoms with E-state index >= 15 is 0 Å². The first-order valence-corrected chi connectivity index (χ1v) is 5.36. The van der Waals surface area contributed by atoms with Crippen molar-refractivity contribution in [1.29, 1.82) is 0 Å². The van der Waals surface area contributed by atoms with Crippen LogP contribution in [0.4, 0.5) is 11.5 Å². The Labute approximate surface area is 108 Å². The van der Waals surface area contributed by atoms with E-state index in [4.69, 9.17) is 4.74 Å². The van der Waals surface area contributed by atoms with Gasteiger partial charge in [-0.2, -0.15) is 0 Å². The number of hydrogen-bond acceptors (Lipinski definition) is 7. The van der Waals surface area contributed by atoms with Crippen LogP contribution in [0, 0.1) is 10.1 Å². The van der Waals surface area contributed by atoms with Crippen LogP contribution in [0.1, 0.15) is 0 Å². The number of anilines is 1. The maximum atomic E-state index is 11.1. The molecule has 0 fully saturated rings. The second kappa shape index (κ2) is 5.25. The third-order valence-corrected chi connectivity index (χ3v) is 2.41. The van der Waals surface area contributed by atoms with Gasteiger partial charge in [-0.15, -0.1) is 0 Å². The van der Waals surface area contributed by atoms with Crippen LogP contribution in [0.5, 0.6) is 5.88 Å². The highest BCUT2D eigenvalue weighted by Crippen LogP contribution is 2.32. The zero-order valence-electron chi connectivity index (χ0n) is 10.3. The Kier molecular flexibility index (Phi) is 3.51. The molecular formula is C11H11N5O3. The second-order valence-corrected chi connectivity index (χ2v) is 3.49. The molecule has 8 heteroatoms. The molecule has 0 amide bonds. The Morgan fingerprint density at radius 3 is 2.63 bits per heavy atom. The first-order valence-electron chi connectivity index (χ1n) is 5.36. The van der Waals surface area contributed by atoms with Gasteiger partial charge in [-0.3, -0.25) is 10.1 Å². The third-order valence-electron chi connectivity index (χ3n) is 2.41. The summed E-state index contributed by atoms with van der Waals surface area (Å²) in [5, 5.41) is 13.9. The van der Waals surface area contributed by atoms with Gasteiger partial charge < -0.3 is 10.1 Å². The predicted molar refractivity (Wildman–Crippen MR) is 68.0 cm³/mol. The van der Waals surface area contributed by atoms with E-state index in [1.807, 2.05) is 0 Å². The molecule has 0 spiro atoms. The normalized spacial score (nSPS) is 10.0. The molecule has 0 unspecified atom stereocenters. The van der Waals surface area contributed by atoms with E-state index in [0.29, 0.717) is 5.82 Å². The minimum atomic E-state index is -0.518. The fourth-order valence-electron chi connectivity index (χ4n) is 1.55. The van der Waals surface area contributed by atoms with Crippen LogP contribution in [0.3, 0.4) is 0 Å². The van der Waals surface area contributed by atoms with Crippen molar-refractivity contribution in [3.8, 4) is 17.3 Å². The van der Waals surface area contributed by atoms with Gasteiger partial charge in [-0.05, 0) is 6.07 Å². The molecule has 0 atom stereocenters. The molecule has 2 heterocycles. The highest BCUT2D eigenvalue weighted by Gasteiger charge is 2.22. The lowest BCUT2D eigenvalue weighted by atomic mass is 10.2. The van der Waals surface area contributed by atoms with E-state index in [9.17, 15) is 10.1 Å². The Morgan fingerprint density at radius 2 is 2.00 bits per heavy atom. The first-order chi connectivity index (χ1) is 9.17. The maximum absolute atomic E-state index is 11.1. The van der Waals surface area contributed by atoms with Gasteiger partial charge >= 0.3 is 0 Å². The summed E-state index contributed by atoms with van der Waals surface area (Å²) < 4.78 is 5.05. The maximum Gasteiger partial charge on any atom is 0.297 e. The predicted octanol–water partition coefficient (Wildman–Crippen LogP) is 1.50. The molecule has 0 aliphatic carbocycles. The zero-order valence-corrected chi connectivity index (χ0v) is 10.3. The van der Waals surface area contributed by atoms with Crippen molar-refractivity contribution in [2.24, 2.45) is 0 Å². The number of nitrogens with one attached hydrogen (secondary N) is 1. The monoisotopic (exact) mass is 261 g/mol. The number of nitrogens with zero attached hydrogens (tertiary/aromatic N) is 4. The summed E-state index contributed by atoms with van der Waals surface area (Å²) in [6.07, 6.45) is 2.87. The fraction of sp³-hybridized carbons (Fsp3) is 0.182. The van der Waals surface area contributed by atoms with Gasteiger partial charge in [0.05, 0.1) is 12.0 Å². The van der Waals surface area contributed by atoms with Crippen molar-refractivity contribution in [3.05, 3.63) is 34.6 Å². The number of aromatic nitrogens is 3. The Bertz CT molecular complexity index is 617. The number of rotatable bonds is 4. The van der Waals surface area contributed by atoms with Crippen molar-refractivity contribution in [3.63, 3.8) is 0 Å². The Balaban J connectivity index is 2.68. The minimum Gasteiger partial charge on any atom is -0.479 e. The molecule has 1 N–H and O–H groups in total. The molecule has 2 rings (SSSR count). The van der Waals surface area contributed by atoms with Crippen molar-refractivity contribution < 1.29 is 9.66 Å². The van der Waals surface area contributed by atoms with Crippen LogP contribution in [0.15, 0.2) is 24.5 Å². The number of ether oxygens (including phenoxy) is 1. The summed E-state index contributed by atoms with van der Waals surface area (Å²) in [5.74, 6) is 0.680. The summed E-state index contributed by atoms with van der Waals surface area (Å²) in [6, 6.07) is 2.88. The summed E-state index contributed by atoms with van der Waals surface area (Å²) in [6.45, 7) is 0. The molecular weight excluding hydrogens is 250 g/mol. The standard InChI is InChI=1S/C11H11N5O3/c1-12-8-4-3-7(16(17)18)9(15-8)10-11(19-2)14-6-5-13-10/h3-6H,1-2H3,(H,12,15). The van der Waals surface area contributed by atoms with E-state index in [-0.39, 0.29) is 23.0 Å². The molecule has 0 saturated heterocycles. The molecule has 8 nitrogen and oxygen atoms in total. The molecule has 0 aromatic carbocycles. The van der Waals surface area contributed by atoms with Gasteiger partial charge in [0, 0.05) is 25.5 Å². The van der Waals surface area contributed by atoms with Crippen LogP contribution in [0.2, 0.25) is 0 Å². The number of hydrogen-bond donors (Lipinski definition) is 1. The van der Waals surface area contributed by atoms with E-state index in [2.05, 4.69) is 20.3 Å². The van der Waals surface area contributed by atoms with Gasteiger partial charge in [-0.1, -0.05) is 0 Å². The quantitative estimate of drug-likeness (QED) is 0.656. The molecule has 19 heavy (non-hydrogen) atoms. The molecule has 0 aliphatic heterocycles. The summed E-state index contributed by atoms with van der Waals surface area (Å²) in [7, 11) is 3.09. The van der Waals surface area contributed by atoms with Crippen molar-refractivity contribution >= 4 is 11.5 Å². The first kappa shape index (κ1) is 12.7. The van der Waals surface area contributed by atoms with Crippen LogP contribution >= 0.6 is 0 Å². The number of nitro groups is 1. The van der Waals surface area contributed by atoms with E-state index < -0.39 is 4.92 Å². The van der Waals surface area contributed by atoms with Gasteiger partial charge in [0.1, 0.15) is 5.82 Å². The van der Waals surface area contributed by atoms with Crippen molar-refractivity contribution in [2.75, 3.05) is 19.5 Å². The summed E-state index contributed by atoms with van der Waals surface area (Å²) in [5.41, 5.74) is 0.188. The van der Waals surface area contributed by atoms with Crippen LogP contribution < -0.4 is 10.1 Å². The van der Waals surface area contributed by atoms with Gasteiger partial charge in [0.2, 0.25) is 5.88 Å². The Hall–Kier alpha value is -2.77. The molecule has 2 aromatic rings. The van der Waals surface area contributed by atoms with E-state index in [1.165, 1.54) is 31.6 Å². The van der Waals surface area contributed by atoms with Gasteiger partial charge in [0.15, 0.2) is 11.4 Å². The van der Waals surface area contributed by atoms with Crippen LogP contribution in [0.25, 0.3) is 11.4 Å². The second-order valence-electron chi connectivity index (χ2n) is 3.49. The molecule has 0 aliphatic rings. The molecule has 2 aromatic heterocycles. The van der Waals surface area contributed by atoms with Crippen LogP contribution in [-0.2, 0) is 0 Å². The number of pyridine rings is 1. The molecule has 0 radical (unpaired) electrons. The smallest absolute Gasteiger partial charge is 0.297 e. The lowest BCUT2D eigenvalue weighted by molar-refractivity contribution is -0.384. The number of methoxy groups -OCH3 is 1. The molecule has 0 bridgehead atoms. The van der Waals surface area contributed by atoms with Crippen molar-refractivity contribution in [2.45, 2.75) is 0 Å². The largest absolute Gasteiger partial charge is 0.479 e. The molecule has 98 valence electrons. The third kappa shape index (κ3) is 2.41. The minimum absolute atomic E-state index is 0.113. The summed E-state index contributed by atoms with van der Waals surface area (Å²) >= 11 is 0. The van der Waals surface area contributed by atoms with E-state index in [0.717, 1.165) is 0 Å². The topological polar surface area (TPSA) is 103 Å². The average Bonchev–Trinajstić information content (AvgIpc) is 2.46. The van der Waals surface area contributed by atoms with Crippen molar-refractivity contribution in [1.82, 2.24) is 15.0 Å². The highest BCUT2D eigenvalue weighted by atomic mass is 16.6. The lowest BCUT2D eigenvalue weighted by Gasteiger charge is -2.07. The zero-order chi connectivity index (χ0) is 13.8. The lowest BCUT2D eigenvalue weighted by Crippen LogP contribution is -2.02. The van der Waals surface area contributed by atoms with Gasteiger partial charge in [-0.25, -0.2) is 15.0 Å². The SMILES string of the molecule is CNc1ccc([N+](=O)[O-])c(-c2nccnc2OC)n1. The molecule has 0 saturated carbocycles. The summed E-state index contributed by atoms with van der Waals surface area (Å²) in [4.78, 5) is 22.7. The van der Waals surface area contributed by atoms with E-state index in [1.54, 1.807) is 7.05 Å². The Morgan fingerprint density at radius 1 is 1.26 bits per heavy atom. The average molecular weight is 261 g/mol. The highest BCUT2D eigenvalue weighted by molar-refractivity contribution is 5.71. The fourth-order valence-corrected chi connectivity index (χ4v) is 1.55. The van der Waals surface area contributed by atoms with Crippen LogP contribution in [-0.4, -0.2) is 34.0 Å².